The summed E-state index contributed by atoms with van der Waals surface area (Å²) in [6.45, 7) is 7.09. The SMILES string of the molecule is Cc1c(Cl)cccc1N(CCCC(=O)NCCCOC(C)C)S(C)(=O)=O. The van der Waals surface area contributed by atoms with E-state index >= 15 is 0 Å². The second-order valence-corrected chi connectivity index (χ2v) is 8.76. The van der Waals surface area contributed by atoms with Crippen LogP contribution in [0.3, 0.4) is 0 Å². The zero-order chi connectivity index (χ0) is 19.7. The van der Waals surface area contributed by atoms with Crippen LogP contribution < -0.4 is 9.62 Å². The van der Waals surface area contributed by atoms with Gasteiger partial charge in [0.2, 0.25) is 15.9 Å². The van der Waals surface area contributed by atoms with E-state index in [9.17, 15) is 13.2 Å². The predicted octanol–water partition coefficient (Wildman–Crippen LogP) is 3.13. The molecule has 26 heavy (non-hydrogen) atoms. The third-order valence-corrected chi connectivity index (χ3v) is 5.36. The second-order valence-electron chi connectivity index (χ2n) is 6.45. The summed E-state index contributed by atoms with van der Waals surface area (Å²) in [7, 11) is -3.46. The first-order chi connectivity index (χ1) is 12.1. The van der Waals surface area contributed by atoms with Gasteiger partial charge < -0.3 is 10.1 Å². The van der Waals surface area contributed by atoms with Crippen LogP contribution in [-0.4, -0.2) is 46.4 Å². The molecule has 0 saturated carbocycles. The van der Waals surface area contributed by atoms with Crippen LogP contribution in [0, 0.1) is 6.92 Å². The van der Waals surface area contributed by atoms with Gasteiger partial charge >= 0.3 is 0 Å². The molecule has 0 radical (unpaired) electrons. The maximum Gasteiger partial charge on any atom is 0.232 e. The molecule has 1 aromatic carbocycles. The van der Waals surface area contributed by atoms with E-state index in [0.29, 0.717) is 35.8 Å². The number of nitrogens with one attached hydrogen (secondary N) is 1. The number of amides is 1. The lowest BCUT2D eigenvalue weighted by Crippen LogP contribution is -2.33. The van der Waals surface area contributed by atoms with Gasteiger partial charge in [-0.3, -0.25) is 9.10 Å². The Hall–Kier alpha value is -1.31. The Morgan fingerprint density at radius 3 is 2.62 bits per heavy atom. The van der Waals surface area contributed by atoms with Crippen molar-refractivity contribution in [3.05, 3.63) is 28.8 Å². The van der Waals surface area contributed by atoms with Crippen molar-refractivity contribution in [2.24, 2.45) is 0 Å². The first-order valence-corrected chi connectivity index (χ1v) is 11.0. The summed E-state index contributed by atoms with van der Waals surface area (Å²) >= 11 is 6.10. The fraction of sp³-hybridized carbons (Fsp3) is 0.611. The molecule has 0 aromatic heterocycles. The molecule has 0 aliphatic heterocycles. The molecular formula is C18H29ClN2O4S. The molecule has 1 aromatic rings. The molecule has 0 unspecified atom stereocenters. The van der Waals surface area contributed by atoms with Gasteiger partial charge in [0.05, 0.1) is 18.0 Å². The Labute approximate surface area is 161 Å². The van der Waals surface area contributed by atoms with Crippen molar-refractivity contribution in [1.82, 2.24) is 5.32 Å². The first kappa shape index (κ1) is 22.7. The van der Waals surface area contributed by atoms with E-state index in [1.165, 1.54) is 4.31 Å². The molecule has 0 bridgehead atoms. The molecule has 0 saturated heterocycles. The van der Waals surface area contributed by atoms with Crippen molar-refractivity contribution in [2.45, 2.75) is 46.1 Å². The number of benzene rings is 1. The van der Waals surface area contributed by atoms with Crippen LogP contribution in [0.5, 0.6) is 0 Å². The van der Waals surface area contributed by atoms with E-state index in [1.807, 2.05) is 13.8 Å². The Kier molecular flexibility index (Phi) is 9.39. The van der Waals surface area contributed by atoms with Crippen LogP contribution in [0.1, 0.15) is 38.7 Å². The Morgan fingerprint density at radius 1 is 1.31 bits per heavy atom. The van der Waals surface area contributed by atoms with Crippen molar-refractivity contribution in [3.63, 3.8) is 0 Å². The van der Waals surface area contributed by atoms with Crippen LogP contribution >= 0.6 is 11.6 Å². The molecule has 148 valence electrons. The quantitative estimate of drug-likeness (QED) is 0.575. The molecule has 8 heteroatoms. The number of ether oxygens (including phenoxy) is 1. The minimum Gasteiger partial charge on any atom is -0.379 e. The lowest BCUT2D eigenvalue weighted by atomic mass is 10.2. The number of carbonyl (C=O) groups excluding carboxylic acids is 1. The number of anilines is 1. The zero-order valence-electron chi connectivity index (χ0n) is 15.9. The monoisotopic (exact) mass is 404 g/mol. The van der Waals surface area contributed by atoms with Crippen LogP contribution in [-0.2, 0) is 19.6 Å². The molecular weight excluding hydrogens is 376 g/mol. The summed E-state index contributed by atoms with van der Waals surface area (Å²) in [6.07, 6.45) is 2.77. The Balaban J connectivity index is 2.51. The summed E-state index contributed by atoms with van der Waals surface area (Å²) in [5.74, 6) is -0.0918. The van der Waals surface area contributed by atoms with Gasteiger partial charge in [-0.15, -0.1) is 0 Å². The van der Waals surface area contributed by atoms with Gasteiger partial charge in [0.25, 0.3) is 0 Å². The van der Waals surface area contributed by atoms with Gasteiger partial charge in [0, 0.05) is 31.1 Å². The molecule has 0 aliphatic rings. The molecule has 6 nitrogen and oxygen atoms in total. The summed E-state index contributed by atoms with van der Waals surface area (Å²) < 4.78 is 31.0. The second kappa shape index (κ2) is 10.7. The van der Waals surface area contributed by atoms with Gasteiger partial charge in [0.15, 0.2) is 0 Å². The highest BCUT2D eigenvalue weighted by Gasteiger charge is 2.20. The van der Waals surface area contributed by atoms with E-state index < -0.39 is 10.0 Å². The van der Waals surface area contributed by atoms with Crippen molar-refractivity contribution >= 4 is 33.2 Å². The Morgan fingerprint density at radius 2 is 2.00 bits per heavy atom. The third kappa shape index (κ3) is 7.93. The van der Waals surface area contributed by atoms with E-state index in [-0.39, 0.29) is 25.0 Å². The highest BCUT2D eigenvalue weighted by Crippen LogP contribution is 2.28. The Bertz CT molecular complexity index is 692. The number of sulfonamides is 1. The maximum absolute atomic E-state index is 12.1. The maximum atomic E-state index is 12.1. The first-order valence-electron chi connectivity index (χ1n) is 8.74. The molecule has 0 aliphatic carbocycles. The zero-order valence-corrected chi connectivity index (χ0v) is 17.5. The standard InChI is InChI=1S/C18H29ClN2O4S/c1-14(2)25-13-7-11-20-18(22)10-6-12-21(26(4,23)24)17-9-5-8-16(19)15(17)3/h5,8-9,14H,6-7,10-13H2,1-4H3,(H,20,22). The smallest absolute Gasteiger partial charge is 0.232 e. The number of halogens is 1. The topological polar surface area (TPSA) is 75.7 Å². The largest absolute Gasteiger partial charge is 0.379 e. The number of hydrogen-bond acceptors (Lipinski definition) is 4. The number of hydrogen-bond donors (Lipinski definition) is 1. The fourth-order valence-electron chi connectivity index (χ4n) is 2.42. The predicted molar refractivity (Wildman–Crippen MR) is 106 cm³/mol. The van der Waals surface area contributed by atoms with Crippen molar-refractivity contribution in [3.8, 4) is 0 Å². The molecule has 0 fully saturated rings. The highest BCUT2D eigenvalue weighted by atomic mass is 35.5. The number of carbonyl (C=O) groups is 1. The van der Waals surface area contributed by atoms with E-state index in [0.717, 1.165) is 12.7 Å². The van der Waals surface area contributed by atoms with Crippen LogP contribution in [0.15, 0.2) is 18.2 Å². The third-order valence-electron chi connectivity index (χ3n) is 3.77. The van der Waals surface area contributed by atoms with Crippen LogP contribution in [0.25, 0.3) is 0 Å². The van der Waals surface area contributed by atoms with Gasteiger partial charge in [-0.25, -0.2) is 8.42 Å². The molecule has 1 N–H and O–H groups in total. The average Bonchev–Trinajstić information content (AvgIpc) is 2.53. The minimum absolute atomic E-state index is 0.0918. The molecule has 0 heterocycles. The van der Waals surface area contributed by atoms with Gasteiger partial charge in [-0.05, 0) is 51.3 Å². The lowest BCUT2D eigenvalue weighted by Gasteiger charge is -2.24. The summed E-state index contributed by atoms with van der Waals surface area (Å²) in [5.41, 5.74) is 1.25. The van der Waals surface area contributed by atoms with Crippen LogP contribution in [0.4, 0.5) is 5.69 Å². The van der Waals surface area contributed by atoms with Crippen molar-refractivity contribution in [2.75, 3.05) is 30.3 Å². The van der Waals surface area contributed by atoms with E-state index in [2.05, 4.69) is 5.32 Å². The van der Waals surface area contributed by atoms with Gasteiger partial charge in [-0.2, -0.15) is 0 Å². The van der Waals surface area contributed by atoms with Gasteiger partial charge in [-0.1, -0.05) is 17.7 Å². The molecule has 0 spiro atoms. The fourth-order valence-corrected chi connectivity index (χ4v) is 3.61. The molecule has 1 amide bonds. The van der Waals surface area contributed by atoms with E-state index in [4.69, 9.17) is 16.3 Å². The summed E-state index contributed by atoms with van der Waals surface area (Å²) in [4.78, 5) is 11.9. The molecule has 0 atom stereocenters. The normalized spacial score (nSPS) is 11.6. The number of rotatable bonds is 11. The lowest BCUT2D eigenvalue weighted by molar-refractivity contribution is -0.121. The molecule has 1 rings (SSSR count). The highest BCUT2D eigenvalue weighted by molar-refractivity contribution is 7.92. The number of nitrogens with zero attached hydrogens (tertiary/aromatic N) is 1. The summed E-state index contributed by atoms with van der Waals surface area (Å²) in [6, 6.07) is 5.16. The van der Waals surface area contributed by atoms with E-state index in [1.54, 1.807) is 25.1 Å². The van der Waals surface area contributed by atoms with Crippen molar-refractivity contribution in [1.29, 1.82) is 0 Å². The summed E-state index contributed by atoms with van der Waals surface area (Å²) in [5, 5.41) is 3.33. The minimum atomic E-state index is -3.46. The average molecular weight is 405 g/mol. The van der Waals surface area contributed by atoms with Gasteiger partial charge in [0.1, 0.15) is 0 Å². The van der Waals surface area contributed by atoms with Crippen LogP contribution in [0.2, 0.25) is 5.02 Å². The van der Waals surface area contributed by atoms with Crippen molar-refractivity contribution < 1.29 is 17.9 Å².